The Hall–Kier alpha value is -2.63. The molecule has 0 aliphatic rings. The number of rotatable bonds is 4. The molecule has 1 heterocycles. The minimum Gasteiger partial charge on any atom is -0.490 e. The van der Waals surface area contributed by atoms with Gasteiger partial charge >= 0.3 is 0 Å². The number of hydrogen-bond donors (Lipinski definition) is 1. The Labute approximate surface area is 136 Å². The molecule has 6 heteroatoms. The summed E-state index contributed by atoms with van der Waals surface area (Å²) in [6.45, 7) is 5.65. The molecule has 6 nitrogen and oxygen atoms in total. The van der Waals surface area contributed by atoms with Crippen LogP contribution in [-0.2, 0) is 0 Å². The molecule has 0 atom stereocenters. The van der Waals surface area contributed by atoms with E-state index in [0.29, 0.717) is 22.7 Å². The van der Waals surface area contributed by atoms with E-state index in [2.05, 4.69) is 9.97 Å². The zero-order valence-corrected chi connectivity index (χ0v) is 14.1. The van der Waals surface area contributed by atoms with Gasteiger partial charge in [0.25, 0.3) is 5.91 Å². The lowest BCUT2D eigenvalue weighted by Crippen LogP contribution is -2.24. The van der Waals surface area contributed by atoms with E-state index in [1.165, 1.54) is 4.90 Å². The van der Waals surface area contributed by atoms with Crippen LogP contribution in [0.5, 0.6) is 5.75 Å². The molecule has 0 saturated heterocycles. The summed E-state index contributed by atoms with van der Waals surface area (Å²) in [7, 11) is 3.39. The van der Waals surface area contributed by atoms with Gasteiger partial charge in [-0.1, -0.05) is 12.1 Å². The summed E-state index contributed by atoms with van der Waals surface area (Å²) in [5, 5.41) is 0. The van der Waals surface area contributed by atoms with Gasteiger partial charge in [0, 0.05) is 19.7 Å². The van der Waals surface area contributed by atoms with Gasteiger partial charge in [-0.3, -0.25) is 4.79 Å². The molecular formula is C17H22N4O2. The summed E-state index contributed by atoms with van der Waals surface area (Å²) in [5.41, 5.74) is 8.00. The SMILES string of the molecule is Cc1nc(N)nc(-c2ccccc2OC(C)C)c1C(=O)N(C)C. The third-order valence-corrected chi connectivity index (χ3v) is 3.23. The van der Waals surface area contributed by atoms with E-state index in [1.807, 2.05) is 38.1 Å². The lowest BCUT2D eigenvalue weighted by atomic mass is 10.0. The zero-order valence-electron chi connectivity index (χ0n) is 14.1. The predicted octanol–water partition coefficient (Wildman–Crippen LogP) is 2.52. The van der Waals surface area contributed by atoms with Crippen LogP contribution >= 0.6 is 0 Å². The highest BCUT2D eigenvalue weighted by Crippen LogP contribution is 2.33. The zero-order chi connectivity index (χ0) is 17.1. The van der Waals surface area contributed by atoms with Crippen LogP contribution in [0.3, 0.4) is 0 Å². The highest BCUT2D eigenvalue weighted by atomic mass is 16.5. The molecule has 0 bridgehead atoms. The van der Waals surface area contributed by atoms with Crippen molar-refractivity contribution in [1.29, 1.82) is 0 Å². The van der Waals surface area contributed by atoms with Crippen LogP contribution in [0.4, 0.5) is 5.95 Å². The maximum atomic E-state index is 12.6. The second kappa shape index (κ2) is 6.64. The fourth-order valence-electron chi connectivity index (χ4n) is 2.29. The monoisotopic (exact) mass is 314 g/mol. The van der Waals surface area contributed by atoms with E-state index in [0.717, 1.165) is 5.56 Å². The number of hydrogen-bond acceptors (Lipinski definition) is 5. The lowest BCUT2D eigenvalue weighted by molar-refractivity contribution is 0.0827. The van der Waals surface area contributed by atoms with E-state index < -0.39 is 0 Å². The summed E-state index contributed by atoms with van der Waals surface area (Å²) < 4.78 is 5.85. The molecule has 1 amide bonds. The Morgan fingerprint density at radius 3 is 2.48 bits per heavy atom. The fraction of sp³-hybridized carbons (Fsp3) is 0.353. The molecule has 0 saturated carbocycles. The number of carbonyl (C=O) groups excluding carboxylic acids is 1. The van der Waals surface area contributed by atoms with Gasteiger partial charge < -0.3 is 15.4 Å². The third kappa shape index (κ3) is 3.59. The number of aryl methyl sites for hydroxylation is 1. The summed E-state index contributed by atoms with van der Waals surface area (Å²) in [5.74, 6) is 0.622. The van der Waals surface area contributed by atoms with Crippen LogP contribution in [0.1, 0.15) is 29.9 Å². The number of nitrogens with two attached hydrogens (primary N) is 1. The Morgan fingerprint density at radius 2 is 1.87 bits per heavy atom. The molecule has 2 N–H and O–H groups in total. The molecule has 2 rings (SSSR count). The molecular weight excluding hydrogens is 292 g/mol. The first-order chi connectivity index (χ1) is 10.8. The third-order valence-electron chi connectivity index (χ3n) is 3.23. The molecule has 23 heavy (non-hydrogen) atoms. The minimum absolute atomic E-state index is 0.00410. The van der Waals surface area contributed by atoms with Crippen LogP contribution in [0.15, 0.2) is 24.3 Å². The van der Waals surface area contributed by atoms with Crippen LogP contribution in [0, 0.1) is 6.92 Å². The first-order valence-corrected chi connectivity index (χ1v) is 7.43. The van der Waals surface area contributed by atoms with Crippen LogP contribution in [0.2, 0.25) is 0 Å². The van der Waals surface area contributed by atoms with Gasteiger partial charge in [-0.15, -0.1) is 0 Å². The number of carbonyl (C=O) groups is 1. The van der Waals surface area contributed by atoms with Gasteiger partial charge in [0.2, 0.25) is 5.95 Å². The second-order valence-corrected chi connectivity index (χ2v) is 5.75. The fourth-order valence-corrected chi connectivity index (χ4v) is 2.29. The van der Waals surface area contributed by atoms with E-state index in [1.54, 1.807) is 21.0 Å². The van der Waals surface area contributed by atoms with Crippen molar-refractivity contribution in [3.63, 3.8) is 0 Å². The second-order valence-electron chi connectivity index (χ2n) is 5.75. The van der Waals surface area contributed by atoms with E-state index >= 15 is 0 Å². The summed E-state index contributed by atoms with van der Waals surface area (Å²) in [6.07, 6.45) is 0.00410. The highest BCUT2D eigenvalue weighted by Gasteiger charge is 2.23. The van der Waals surface area contributed by atoms with E-state index in [-0.39, 0.29) is 18.0 Å². The van der Waals surface area contributed by atoms with Crippen molar-refractivity contribution >= 4 is 11.9 Å². The Kier molecular flexibility index (Phi) is 4.83. The van der Waals surface area contributed by atoms with Gasteiger partial charge in [0.15, 0.2) is 0 Å². The standard InChI is InChI=1S/C17H22N4O2/c1-10(2)23-13-9-7-6-8-12(13)15-14(16(22)21(4)5)11(3)19-17(18)20-15/h6-10H,1-5H3,(H2,18,19,20). The topological polar surface area (TPSA) is 81.3 Å². The number of anilines is 1. The predicted molar refractivity (Wildman–Crippen MR) is 90.4 cm³/mol. The van der Waals surface area contributed by atoms with Crippen LogP contribution in [0.25, 0.3) is 11.3 Å². The van der Waals surface area contributed by atoms with Crippen molar-refractivity contribution < 1.29 is 9.53 Å². The van der Waals surface area contributed by atoms with Crippen molar-refractivity contribution in [2.75, 3.05) is 19.8 Å². The van der Waals surface area contributed by atoms with Crippen molar-refractivity contribution in [3.8, 4) is 17.0 Å². The summed E-state index contributed by atoms with van der Waals surface area (Å²) in [4.78, 5) is 22.5. The lowest BCUT2D eigenvalue weighted by Gasteiger charge is -2.18. The average molecular weight is 314 g/mol. The number of aromatic nitrogens is 2. The van der Waals surface area contributed by atoms with Gasteiger partial charge in [-0.2, -0.15) is 0 Å². The van der Waals surface area contributed by atoms with Crippen molar-refractivity contribution in [3.05, 3.63) is 35.5 Å². The van der Waals surface area contributed by atoms with E-state index in [9.17, 15) is 4.79 Å². The minimum atomic E-state index is -0.170. The number of nitrogen functional groups attached to an aromatic ring is 1. The van der Waals surface area contributed by atoms with Gasteiger partial charge in [-0.05, 0) is 32.9 Å². The maximum absolute atomic E-state index is 12.6. The normalized spacial score (nSPS) is 10.7. The largest absolute Gasteiger partial charge is 0.490 e. The van der Waals surface area contributed by atoms with Gasteiger partial charge in [-0.25, -0.2) is 9.97 Å². The molecule has 0 aliphatic heterocycles. The molecule has 0 radical (unpaired) electrons. The number of amides is 1. The molecule has 122 valence electrons. The molecule has 0 aliphatic carbocycles. The molecule has 0 fully saturated rings. The molecule has 2 aromatic rings. The van der Waals surface area contributed by atoms with Crippen molar-refractivity contribution in [2.24, 2.45) is 0 Å². The van der Waals surface area contributed by atoms with Crippen LogP contribution < -0.4 is 10.5 Å². The smallest absolute Gasteiger partial charge is 0.257 e. The average Bonchev–Trinajstić information content (AvgIpc) is 2.45. The maximum Gasteiger partial charge on any atom is 0.257 e. The number of benzene rings is 1. The number of nitrogens with zero attached hydrogens (tertiary/aromatic N) is 3. The number of ether oxygens (including phenoxy) is 1. The first-order valence-electron chi connectivity index (χ1n) is 7.43. The molecule has 0 unspecified atom stereocenters. The molecule has 1 aromatic carbocycles. The summed E-state index contributed by atoms with van der Waals surface area (Å²) >= 11 is 0. The Bertz CT molecular complexity index is 727. The van der Waals surface area contributed by atoms with Crippen molar-refractivity contribution in [1.82, 2.24) is 14.9 Å². The number of para-hydroxylation sites is 1. The first kappa shape index (κ1) is 16.7. The van der Waals surface area contributed by atoms with Gasteiger partial charge in [0.05, 0.1) is 23.1 Å². The highest BCUT2D eigenvalue weighted by molar-refractivity contribution is 6.01. The van der Waals surface area contributed by atoms with Gasteiger partial charge in [0.1, 0.15) is 5.75 Å². The van der Waals surface area contributed by atoms with Crippen molar-refractivity contribution in [2.45, 2.75) is 26.9 Å². The molecule has 1 aromatic heterocycles. The Morgan fingerprint density at radius 1 is 1.22 bits per heavy atom. The van der Waals surface area contributed by atoms with E-state index in [4.69, 9.17) is 10.5 Å². The van der Waals surface area contributed by atoms with Crippen LogP contribution in [-0.4, -0.2) is 41.0 Å². The quantitative estimate of drug-likeness (QED) is 0.938. The molecule has 0 spiro atoms. The summed E-state index contributed by atoms with van der Waals surface area (Å²) in [6, 6.07) is 7.48. The Balaban J connectivity index is 2.71.